The summed E-state index contributed by atoms with van der Waals surface area (Å²) in [5, 5.41) is 0. The zero-order valence-electron chi connectivity index (χ0n) is 15.9. The number of nitrogens with zero attached hydrogens (tertiary/aromatic N) is 1. The highest BCUT2D eigenvalue weighted by Gasteiger charge is 2.28. The highest BCUT2D eigenvalue weighted by molar-refractivity contribution is 5.92. The molecule has 27 heavy (non-hydrogen) atoms. The molecule has 1 heterocycles. The van der Waals surface area contributed by atoms with Gasteiger partial charge in [-0.2, -0.15) is 0 Å². The molecule has 8 heteroatoms. The Morgan fingerprint density at radius 2 is 1.70 bits per heavy atom. The molecule has 1 saturated heterocycles. The minimum atomic E-state index is -0.620. The Hall–Kier alpha value is -2.77. The molecule has 8 nitrogen and oxygen atoms in total. The molecule has 0 atom stereocenters. The van der Waals surface area contributed by atoms with Crippen LogP contribution in [0.3, 0.4) is 0 Å². The van der Waals surface area contributed by atoms with E-state index in [9.17, 15) is 14.4 Å². The number of carbonyl (C=O) groups excluding carboxylic acids is 3. The van der Waals surface area contributed by atoms with Crippen molar-refractivity contribution in [1.82, 2.24) is 4.90 Å². The molecule has 148 valence electrons. The molecule has 1 aromatic rings. The second-order valence-electron chi connectivity index (χ2n) is 6.05. The lowest BCUT2D eigenvalue weighted by molar-refractivity contribution is -0.151. The van der Waals surface area contributed by atoms with Crippen molar-refractivity contribution in [1.29, 1.82) is 0 Å². The van der Waals surface area contributed by atoms with Crippen molar-refractivity contribution < 1.29 is 33.3 Å². The van der Waals surface area contributed by atoms with Crippen LogP contribution in [0, 0.1) is 5.92 Å². The van der Waals surface area contributed by atoms with Crippen LogP contribution in [-0.2, 0) is 19.1 Å². The van der Waals surface area contributed by atoms with E-state index in [2.05, 4.69) is 0 Å². The van der Waals surface area contributed by atoms with Gasteiger partial charge >= 0.3 is 11.9 Å². The van der Waals surface area contributed by atoms with Gasteiger partial charge in [0.15, 0.2) is 18.1 Å². The predicted octanol–water partition coefficient (Wildman–Crippen LogP) is 1.66. The minimum absolute atomic E-state index is 0.177. The molecule has 1 fully saturated rings. The molecule has 0 N–H and O–H groups in total. The fourth-order valence-electron chi connectivity index (χ4n) is 2.89. The van der Waals surface area contributed by atoms with Gasteiger partial charge in [-0.25, -0.2) is 4.79 Å². The normalized spacial score (nSPS) is 14.4. The number of esters is 2. The van der Waals surface area contributed by atoms with Gasteiger partial charge in [-0.3, -0.25) is 9.59 Å². The predicted molar refractivity (Wildman–Crippen MR) is 95.8 cm³/mol. The van der Waals surface area contributed by atoms with Gasteiger partial charge < -0.3 is 23.8 Å². The summed E-state index contributed by atoms with van der Waals surface area (Å²) in [5.74, 6) is -0.404. The van der Waals surface area contributed by atoms with E-state index in [1.165, 1.54) is 20.3 Å². The van der Waals surface area contributed by atoms with Crippen molar-refractivity contribution in [3.05, 3.63) is 23.8 Å². The van der Waals surface area contributed by atoms with Gasteiger partial charge in [-0.05, 0) is 38.0 Å². The van der Waals surface area contributed by atoms with Crippen molar-refractivity contribution in [3.63, 3.8) is 0 Å². The largest absolute Gasteiger partial charge is 0.493 e. The molecule has 0 saturated carbocycles. The first kappa shape index (κ1) is 20.5. The molecule has 1 aromatic carbocycles. The third kappa shape index (κ3) is 5.35. The van der Waals surface area contributed by atoms with Gasteiger partial charge in [0.1, 0.15) is 0 Å². The number of hydrogen-bond acceptors (Lipinski definition) is 7. The number of hydrogen-bond donors (Lipinski definition) is 0. The van der Waals surface area contributed by atoms with Crippen molar-refractivity contribution in [2.45, 2.75) is 19.8 Å². The fraction of sp³-hybridized carbons (Fsp3) is 0.526. The van der Waals surface area contributed by atoms with E-state index < -0.39 is 5.97 Å². The molecule has 1 aliphatic rings. The molecule has 0 spiro atoms. The number of carbonyl (C=O) groups is 3. The van der Waals surface area contributed by atoms with Gasteiger partial charge in [0.05, 0.1) is 32.3 Å². The number of likely N-dealkylation sites (tertiary alicyclic amines) is 1. The van der Waals surface area contributed by atoms with Crippen molar-refractivity contribution >= 4 is 17.8 Å². The zero-order valence-corrected chi connectivity index (χ0v) is 15.9. The van der Waals surface area contributed by atoms with Gasteiger partial charge in [-0.1, -0.05) is 0 Å². The first-order chi connectivity index (χ1) is 13.0. The molecular weight excluding hydrogens is 354 g/mol. The molecule has 1 aliphatic heterocycles. The zero-order chi connectivity index (χ0) is 19.8. The first-order valence-corrected chi connectivity index (χ1v) is 8.83. The fourth-order valence-corrected chi connectivity index (χ4v) is 2.89. The summed E-state index contributed by atoms with van der Waals surface area (Å²) in [6, 6.07) is 4.63. The molecule has 0 radical (unpaired) electrons. The van der Waals surface area contributed by atoms with Crippen LogP contribution >= 0.6 is 0 Å². The van der Waals surface area contributed by atoms with Crippen molar-refractivity contribution in [2.24, 2.45) is 5.92 Å². The third-order valence-corrected chi connectivity index (χ3v) is 4.41. The number of ether oxygens (including phenoxy) is 4. The molecule has 0 aliphatic carbocycles. The maximum atomic E-state index is 12.2. The average molecular weight is 379 g/mol. The van der Waals surface area contributed by atoms with E-state index in [1.807, 2.05) is 0 Å². The Balaban J connectivity index is 1.83. The summed E-state index contributed by atoms with van der Waals surface area (Å²) < 4.78 is 20.4. The van der Waals surface area contributed by atoms with Crippen LogP contribution in [-0.4, -0.2) is 63.3 Å². The van der Waals surface area contributed by atoms with E-state index in [0.29, 0.717) is 44.0 Å². The average Bonchev–Trinajstić information content (AvgIpc) is 2.71. The lowest BCUT2D eigenvalue weighted by atomic mass is 9.97. The number of piperidine rings is 1. The topological polar surface area (TPSA) is 91.4 Å². The summed E-state index contributed by atoms with van der Waals surface area (Å²) in [6.45, 7) is 2.65. The van der Waals surface area contributed by atoms with Gasteiger partial charge in [-0.15, -0.1) is 0 Å². The number of rotatable bonds is 7. The standard InChI is InChI=1S/C19H25NO7/c1-4-26-18(22)13-7-9-20(10-8-13)17(21)12-27-19(23)14-5-6-15(24-2)16(11-14)25-3/h5-6,11,13H,4,7-10,12H2,1-3H3. The Morgan fingerprint density at radius 3 is 2.30 bits per heavy atom. The molecule has 1 amide bonds. The summed E-state index contributed by atoms with van der Waals surface area (Å²) in [5.41, 5.74) is 0.265. The van der Waals surface area contributed by atoms with Crippen LogP contribution in [0.1, 0.15) is 30.1 Å². The van der Waals surface area contributed by atoms with Crippen LogP contribution in [0.15, 0.2) is 18.2 Å². The number of benzene rings is 1. The Morgan fingerprint density at radius 1 is 1.04 bits per heavy atom. The second-order valence-corrected chi connectivity index (χ2v) is 6.05. The number of amides is 1. The SMILES string of the molecule is CCOC(=O)C1CCN(C(=O)COC(=O)c2ccc(OC)c(OC)c2)CC1. The number of methoxy groups -OCH3 is 2. The lowest BCUT2D eigenvalue weighted by Gasteiger charge is -2.30. The highest BCUT2D eigenvalue weighted by atomic mass is 16.5. The minimum Gasteiger partial charge on any atom is -0.493 e. The smallest absolute Gasteiger partial charge is 0.338 e. The van der Waals surface area contributed by atoms with Crippen molar-refractivity contribution in [2.75, 3.05) is 40.5 Å². The quantitative estimate of drug-likeness (QED) is 0.666. The van der Waals surface area contributed by atoms with Gasteiger partial charge in [0.2, 0.25) is 0 Å². The van der Waals surface area contributed by atoms with Crippen LogP contribution < -0.4 is 9.47 Å². The molecule has 0 bridgehead atoms. The van der Waals surface area contributed by atoms with Gasteiger partial charge in [0, 0.05) is 13.1 Å². The third-order valence-electron chi connectivity index (χ3n) is 4.41. The van der Waals surface area contributed by atoms with E-state index in [4.69, 9.17) is 18.9 Å². The summed E-state index contributed by atoms with van der Waals surface area (Å²) in [6.07, 6.45) is 1.10. The van der Waals surface area contributed by atoms with E-state index in [1.54, 1.807) is 24.0 Å². The molecule has 0 aromatic heterocycles. The van der Waals surface area contributed by atoms with Crippen LogP contribution in [0.5, 0.6) is 11.5 Å². The summed E-state index contributed by atoms with van der Waals surface area (Å²) in [4.78, 5) is 37.7. The Labute approximate surface area is 158 Å². The van der Waals surface area contributed by atoms with Crippen LogP contribution in [0.4, 0.5) is 0 Å². The first-order valence-electron chi connectivity index (χ1n) is 8.83. The van der Waals surface area contributed by atoms with Gasteiger partial charge in [0.25, 0.3) is 5.91 Å². The maximum absolute atomic E-state index is 12.2. The van der Waals surface area contributed by atoms with E-state index in [0.717, 1.165) is 0 Å². The maximum Gasteiger partial charge on any atom is 0.338 e. The summed E-state index contributed by atoms with van der Waals surface area (Å²) >= 11 is 0. The van der Waals surface area contributed by atoms with Crippen LogP contribution in [0.25, 0.3) is 0 Å². The molecular formula is C19H25NO7. The second kappa shape index (κ2) is 9.80. The Kier molecular flexibility index (Phi) is 7.45. The van der Waals surface area contributed by atoms with Crippen molar-refractivity contribution in [3.8, 4) is 11.5 Å². The Bertz CT molecular complexity index is 681. The van der Waals surface area contributed by atoms with E-state index >= 15 is 0 Å². The van der Waals surface area contributed by atoms with Crippen LogP contribution in [0.2, 0.25) is 0 Å². The highest BCUT2D eigenvalue weighted by Crippen LogP contribution is 2.27. The summed E-state index contributed by atoms with van der Waals surface area (Å²) in [7, 11) is 2.97. The molecule has 0 unspecified atom stereocenters. The molecule has 2 rings (SSSR count). The lowest BCUT2D eigenvalue weighted by Crippen LogP contribution is -2.42. The van der Waals surface area contributed by atoms with E-state index in [-0.39, 0.29) is 30.0 Å². The monoisotopic (exact) mass is 379 g/mol.